The molecule has 0 saturated carbocycles. The van der Waals surface area contributed by atoms with Crippen molar-refractivity contribution in [3.63, 3.8) is 0 Å². The minimum atomic E-state index is -4.66. The second kappa shape index (κ2) is 10.3. The molecule has 1 aliphatic heterocycles. The molecule has 3 heterocycles. The van der Waals surface area contributed by atoms with Crippen LogP contribution in [-0.2, 0) is 12.6 Å². The maximum absolute atomic E-state index is 13.6. The molecule has 0 spiro atoms. The Balaban J connectivity index is 1.39. The third-order valence-corrected chi connectivity index (χ3v) is 6.84. The number of halogens is 4. The first kappa shape index (κ1) is 27.1. The smallest absolute Gasteiger partial charge is 0.322 e. The average Bonchev–Trinajstić information content (AvgIpc) is 3.48. The van der Waals surface area contributed by atoms with Crippen LogP contribution in [0.5, 0.6) is 0 Å². The van der Waals surface area contributed by atoms with Crippen molar-refractivity contribution < 1.29 is 22.8 Å². The zero-order valence-electron chi connectivity index (χ0n) is 21.5. The number of rotatable bonds is 4. The van der Waals surface area contributed by atoms with Crippen LogP contribution in [0, 0.1) is 13.8 Å². The van der Waals surface area contributed by atoms with E-state index in [0.29, 0.717) is 34.7 Å². The largest absolute Gasteiger partial charge is 0.416 e. The molecule has 206 valence electrons. The van der Waals surface area contributed by atoms with Crippen molar-refractivity contribution in [2.75, 3.05) is 15.5 Å². The van der Waals surface area contributed by atoms with Crippen molar-refractivity contribution >= 4 is 40.7 Å². The summed E-state index contributed by atoms with van der Waals surface area (Å²) >= 11 is 6.17. The highest BCUT2D eigenvalue weighted by molar-refractivity contribution is 6.30. The molecule has 1 aliphatic rings. The van der Waals surface area contributed by atoms with E-state index in [-0.39, 0.29) is 28.1 Å². The van der Waals surface area contributed by atoms with Crippen molar-refractivity contribution in [1.29, 1.82) is 0 Å². The molecule has 2 N–H and O–H groups in total. The Morgan fingerprint density at radius 2 is 1.82 bits per heavy atom. The fourth-order valence-corrected chi connectivity index (χ4v) is 4.69. The van der Waals surface area contributed by atoms with Crippen LogP contribution in [0.1, 0.15) is 39.7 Å². The van der Waals surface area contributed by atoms with Crippen LogP contribution in [0.15, 0.2) is 55.2 Å². The molecule has 40 heavy (non-hydrogen) atoms. The van der Waals surface area contributed by atoms with E-state index < -0.39 is 23.7 Å². The van der Waals surface area contributed by atoms with Gasteiger partial charge in [0.2, 0.25) is 0 Å². The van der Waals surface area contributed by atoms with Crippen molar-refractivity contribution in [2.45, 2.75) is 39.4 Å². The van der Waals surface area contributed by atoms with Gasteiger partial charge in [0.25, 0.3) is 5.91 Å². The van der Waals surface area contributed by atoms with Crippen LogP contribution < -0.4 is 15.5 Å². The number of aromatic nitrogens is 4. The van der Waals surface area contributed by atoms with Crippen LogP contribution in [0.4, 0.5) is 35.2 Å². The van der Waals surface area contributed by atoms with Gasteiger partial charge in [-0.15, -0.1) is 0 Å². The maximum Gasteiger partial charge on any atom is 0.416 e. The highest BCUT2D eigenvalue weighted by atomic mass is 35.5. The fourth-order valence-electron chi connectivity index (χ4n) is 4.49. The highest BCUT2D eigenvalue weighted by Gasteiger charge is 2.35. The number of hydrogen-bond acceptors (Lipinski definition) is 5. The molecule has 13 heteroatoms. The highest BCUT2D eigenvalue weighted by Crippen LogP contribution is 2.35. The number of alkyl halides is 3. The number of fused-ring (bicyclic) bond motifs is 1. The second-order valence-electron chi connectivity index (χ2n) is 9.49. The summed E-state index contributed by atoms with van der Waals surface area (Å²) in [4.78, 5) is 40.0. The Bertz CT molecular complexity index is 1640. The molecule has 5 rings (SSSR count). The monoisotopic (exact) mass is 569 g/mol. The first-order valence-corrected chi connectivity index (χ1v) is 12.5. The standard InChI is InChI=1S/C27H23ClF3N7O2/c1-14-4-5-19(10-22(14)36-26(40)38-16(3)6-21-23(28)32-12-33-24(21)38)35-25(39)17-7-18(27(29,30)31)9-20(8-17)37-11-15(2)34-13-37/h4-5,7-13,16H,6H2,1-3H3,(H,35,39)(H,36,40). The van der Waals surface area contributed by atoms with Gasteiger partial charge in [-0.25, -0.2) is 19.7 Å². The summed E-state index contributed by atoms with van der Waals surface area (Å²) < 4.78 is 42.3. The Kier molecular flexibility index (Phi) is 6.96. The van der Waals surface area contributed by atoms with Gasteiger partial charge >= 0.3 is 12.2 Å². The quantitative estimate of drug-likeness (QED) is 0.285. The molecule has 2 aromatic heterocycles. The van der Waals surface area contributed by atoms with Crippen LogP contribution >= 0.6 is 11.6 Å². The van der Waals surface area contributed by atoms with Gasteiger partial charge in [-0.2, -0.15) is 13.2 Å². The number of amides is 3. The summed E-state index contributed by atoms with van der Waals surface area (Å²) in [5, 5.41) is 5.75. The molecule has 3 amide bonds. The van der Waals surface area contributed by atoms with E-state index in [1.54, 1.807) is 32.2 Å². The van der Waals surface area contributed by atoms with E-state index in [1.165, 1.54) is 34.3 Å². The van der Waals surface area contributed by atoms with Gasteiger partial charge in [-0.1, -0.05) is 17.7 Å². The first-order chi connectivity index (χ1) is 18.9. The van der Waals surface area contributed by atoms with Crippen LogP contribution in [0.25, 0.3) is 5.69 Å². The lowest BCUT2D eigenvalue weighted by Crippen LogP contribution is -2.39. The summed E-state index contributed by atoms with van der Waals surface area (Å²) in [5.74, 6) is -0.334. The van der Waals surface area contributed by atoms with Gasteiger partial charge in [0, 0.05) is 40.4 Å². The lowest BCUT2D eigenvalue weighted by atomic mass is 10.1. The molecule has 0 aliphatic carbocycles. The number of imidazole rings is 1. The van der Waals surface area contributed by atoms with Gasteiger partial charge in [0.1, 0.15) is 17.3 Å². The number of carbonyl (C=O) groups excluding carboxylic acids is 2. The van der Waals surface area contributed by atoms with E-state index in [0.717, 1.165) is 12.1 Å². The van der Waals surface area contributed by atoms with Crippen molar-refractivity contribution in [1.82, 2.24) is 19.5 Å². The first-order valence-electron chi connectivity index (χ1n) is 12.2. The van der Waals surface area contributed by atoms with E-state index in [1.807, 2.05) is 6.92 Å². The lowest BCUT2D eigenvalue weighted by Gasteiger charge is -2.23. The third kappa shape index (κ3) is 5.34. The molecule has 0 bridgehead atoms. The predicted octanol–water partition coefficient (Wildman–Crippen LogP) is 6.19. The molecule has 1 atom stereocenters. The van der Waals surface area contributed by atoms with Crippen LogP contribution in [-0.4, -0.2) is 37.5 Å². The Labute approximate surface area is 232 Å². The zero-order chi connectivity index (χ0) is 28.8. The number of hydrogen-bond donors (Lipinski definition) is 2. The topological polar surface area (TPSA) is 105 Å². The maximum atomic E-state index is 13.6. The normalized spacial score (nSPS) is 14.7. The van der Waals surface area contributed by atoms with E-state index in [9.17, 15) is 22.8 Å². The molecule has 9 nitrogen and oxygen atoms in total. The molecular weight excluding hydrogens is 547 g/mol. The van der Waals surface area contributed by atoms with Gasteiger partial charge in [0.05, 0.1) is 17.6 Å². The molecule has 4 aromatic rings. The number of nitrogens with one attached hydrogen (secondary N) is 2. The average molecular weight is 570 g/mol. The van der Waals surface area contributed by atoms with Gasteiger partial charge in [0.15, 0.2) is 0 Å². The Hall–Kier alpha value is -4.45. The van der Waals surface area contributed by atoms with Crippen LogP contribution in [0.3, 0.4) is 0 Å². The van der Waals surface area contributed by atoms with Gasteiger partial charge in [-0.3, -0.25) is 9.69 Å². The second-order valence-corrected chi connectivity index (χ2v) is 9.85. The number of urea groups is 1. The van der Waals surface area contributed by atoms with Crippen molar-refractivity contribution in [2.24, 2.45) is 0 Å². The number of benzene rings is 2. The predicted molar refractivity (Wildman–Crippen MR) is 144 cm³/mol. The summed E-state index contributed by atoms with van der Waals surface area (Å²) in [6, 6.07) is 7.23. The summed E-state index contributed by atoms with van der Waals surface area (Å²) in [6.45, 7) is 5.33. The third-order valence-electron chi connectivity index (χ3n) is 6.51. The van der Waals surface area contributed by atoms with Gasteiger partial charge < -0.3 is 15.2 Å². The molecule has 0 saturated heterocycles. The minimum absolute atomic E-state index is 0.140. The lowest BCUT2D eigenvalue weighted by molar-refractivity contribution is -0.137. The van der Waals surface area contributed by atoms with Crippen molar-refractivity contribution in [3.05, 3.63) is 88.4 Å². The van der Waals surface area contributed by atoms with Crippen molar-refractivity contribution in [3.8, 4) is 5.69 Å². The van der Waals surface area contributed by atoms with Crippen LogP contribution in [0.2, 0.25) is 5.15 Å². The molecule has 0 fully saturated rings. The molecule has 2 aromatic carbocycles. The summed E-state index contributed by atoms with van der Waals surface area (Å²) in [6.07, 6.45) is 0.0540. The van der Waals surface area contributed by atoms with E-state index in [4.69, 9.17) is 11.6 Å². The van der Waals surface area contributed by atoms with Gasteiger partial charge in [-0.05, 0) is 63.1 Å². The minimum Gasteiger partial charge on any atom is -0.322 e. The fraction of sp³-hybridized carbons (Fsp3) is 0.222. The number of carbonyl (C=O) groups is 2. The number of aryl methyl sites for hydroxylation is 2. The van der Waals surface area contributed by atoms with E-state index >= 15 is 0 Å². The summed E-state index contributed by atoms with van der Waals surface area (Å²) in [5.41, 5.74) is 1.66. The number of nitrogens with zero attached hydrogens (tertiary/aromatic N) is 5. The number of anilines is 3. The molecule has 0 radical (unpaired) electrons. The zero-order valence-corrected chi connectivity index (χ0v) is 22.3. The Morgan fingerprint density at radius 1 is 1.05 bits per heavy atom. The molecule has 1 unspecified atom stereocenters. The summed E-state index contributed by atoms with van der Waals surface area (Å²) in [7, 11) is 0. The SMILES string of the molecule is Cc1cn(-c2cc(C(=O)Nc3ccc(C)c(NC(=O)N4c5ncnc(Cl)c5CC4C)c3)cc(C(F)(F)F)c2)cn1. The molecular formula is C27H23ClF3N7O2. The van der Waals surface area contributed by atoms with E-state index in [2.05, 4.69) is 25.6 Å². The Morgan fingerprint density at radius 3 is 2.52 bits per heavy atom.